The molecule has 0 unspecified atom stereocenters. The topological polar surface area (TPSA) is 79.1 Å². The van der Waals surface area contributed by atoms with Gasteiger partial charge in [0.25, 0.3) is 0 Å². The van der Waals surface area contributed by atoms with Crippen molar-refractivity contribution in [1.29, 1.82) is 0 Å². The van der Waals surface area contributed by atoms with Crippen LogP contribution in [0.5, 0.6) is 11.5 Å². The van der Waals surface area contributed by atoms with Crippen LogP contribution < -0.4 is 0 Å². The van der Waals surface area contributed by atoms with Crippen LogP contribution in [0.15, 0.2) is 18.3 Å². The fraction of sp³-hybridized carbons (Fsp3) is 0.400. The van der Waals surface area contributed by atoms with Gasteiger partial charge in [0, 0.05) is 0 Å². The van der Waals surface area contributed by atoms with Gasteiger partial charge in [-0.3, -0.25) is 0 Å². The van der Waals surface area contributed by atoms with Gasteiger partial charge in [-0.1, -0.05) is 27.7 Å². The Morgan fingerprint density at radius 3 is 1.90 bits per heavy atom. The van der Waals surface area contributed by atoms with Gasteiger partial charge in [-0.15, -0.1) is 10.2 Å². The number of hydrogen-bond donors (Lipinski definition) is 2. The van der Waals surface area contributed by atoms with Crippen LogP contribution in [-0.2, 0) is 0 Å². The Bertz CT molecular complexity index is 578. The predicted octanol–water partition coefficient (Wildman–Crippen LogP) is 3.20. The monoisotopic (exact) mass is 273 g/mol. The van der Waals surface area contributed by atoms with Crippen LogP contribution in [0.25, 0.3) is 11.3 Å². The zero-order chi connectivity index (χ0) is 14.9. The predicted molar refractivity (Wildman–Crippen MR) is 76.8 cm³/mol. The zero-order valence-electron chi connectivity index (χ0n) is 12.1. The molecule has 1 heterocycles. The van der Waals surface area contributed by atoms with E-state index in [1.807, 2.05) is 33.8 Å². The average Bonchev–Trinajstić information content (AvgIpc) is 2.39. The van der Waals surface area contributed by atoms with Crippen molar-refractivity contribution in [3.63, 3.8) is 0 Å². The highest BCUT2D eigenvalue weighted by molar-refractivity contribution is 5.77. The van der Waals surface area contributed by atoms with E-state index in [0.717, 1.165) is 11.1 Å². The number of phenols is 2. The molecule has 0 saturated heterocycles. The molecule has 0 bridgehead atoms. The van der Waals surface area contributed by atoms with E-state index in [1.54, 1.807) is 6.07 Å². The summed E-state index contributed by atoms with van der Waals surface area (Å²) in [7, 11) is 0. The molecule has 0 atom stereocenters. The van der Waals surface area contributed by atoms with Crippen LogP contribution in [0.3, 0.4) is 0 Å². The highest BCUT2D eigenvalue weighted by atomic mass is 16.3. The third-order valence-electron chi connectivity index (χ3n) is 3.33. The first-order valence-corrected chi connectivity index (χ1v) is 6.67. The third-order valence-corrected chi connectivity index (χ3v) is 3.33. The van der Waals surface area contributed by atoms with Crippen molar-refractivity contribution >= 4 is 0 Å². The van der Waals surface area contributed by atoms with Gasteiger partial charge in [-0.2, -0.15) is 0 Å². The minimum Gasteiger partial charge on any atom is -0.507 e. The molecule has 2 aromatic rings. The normalized spacial score (nSPS) is 11.3. The Morgan fingerprint density at radius 2 is 1.50 bits per heavy atom. The molecule has 2 N–H and O–H groups in total. The number of phenolic OH excluding ortho intramolecular Hbond substituents is 2. The smallest absolute Gasteiger partial charge is 0.132 e. The van der Waals surface area contributed by atoms with E-state index in [1.165, 1.54) is 6.20 Å². The number of rotatable bonds is 3. The quantitative estimate of drug-likeness (QED) is 0.897. The van der Waals surface area contributed by atoms with Crippen LogP contribution in [-0.4, -0.2) is 25.6 Å². The van der Waals surface area contributed by atoms with Crippen LogP contribution in [0.2, 0.25) is 0 Å². The lowest BCUT2D eigenvalue weighted by Crippen LogP contribution is -1.99. The Balaban J connectivity index is 2.78. The molecule has 0 spiro atoms. The molecule has 20 heavy (non-hydrogen) atoms. The largest absolute Gasteiger partial charge is 0.507 e. The van der Waals surface area contributed by atoms with Crippen molar-refractivity contribution in [2.24, 2.45) is 0 Å². The Kier molecular flexibility index (Phi) is 3.88. The number of nitrogens with zero attached hydrogens (tertiary/aromatic N) is 3. The number of benzene rings is 1. The molecule has 1 aromatic heterocycles. The zero-order valence-corrected chi connectivity index (χ0v) is 12.1. The van der Waals surface area contributed by atoms with Gasteiger partial charge in [0.1, 0.15) is 17.2 Å². The summed E-state index contributed by atoms with van der Waals surface area (Å²) in [6.07, 6.45) is 1.48. The molecule has 0 amide bonds. The van der Waals surface area contributed by atoms with Gasteiger partial charge in [0.05, 0.1) is 11.8 Å². The van der Waals surface area contributed by atoms with Gasteiger partial charge >= 0.3 is 0 Å². The van der Waals surface area contributed by atoms with Crippen LogP contribution in [0.1, 0.15) is 50.7 Å². The lowest BCUT2D eigenvalue weighted by Gasteiger charge is -2.19. The van der Waals surface area contributed by atoms with Gasteiger partial charge in [-0.05, 0) is 40.3 Å². The van der Waals surface area contributed by atoms with Gasteiger partial charge in [0.2, 0.25) is 0 Å². The van der Waals surface area contributed by atoms with Crippen molar-refractivity contribution in [1.82, 2.24) is 15.4 Å². The van der Waals surface area contributed by atoms with Crippen molar-refractivity contribution < 1.29 is 10.2 Å². The fourth-order valence-electron chi connectivity index (χ4n) is 2.20. The second kappa shape index (κ2) is 5.45. The molecule has 0 aliphatic carbocycles. The summed E-state index contributed by atoms with van der Waals surface area (Å²) in [5, 5.41) is 32.0. The van der Waals surface area contributed by atoms with E-state index in [9.17, 15) is 10.2 Å². The van der Waals surface area contributed by atoms with Crippen LogP contribution in [0.4, 0.5) is 0 Å². The molecule has 0 aliphatic heterocycles. The average molecular weight is 273 g/mol. The standard InChI is InChI=1S/C15H19N3O2/c1-8(2)10-7-11(9(3)4)15(20)13(14(10)19)12-5-6-16-18-17-12/h5-9,19-20H,1-4H3. The van der Waals surface area contributed by atoms with E-state index in [0.29, 0.717) is 11.3 Å². The molecular formula is C15H19N3O2. The lowest BCUT2D eigenvalue weighted by atomic mass is 9.90. The molecular weight excluding hydrogens is 254 g/mol. The number of aromatic hydroxyl groups is 2. The Morgan fingerprint density at radius 1 is 0.950 bits per heavy atom. The van der Waals surface area contributed by atoms with Crippen LogP contribution in [0, 0.1) is 0 Å². The summed E-state index contributed by atoms with van der Waals surface area (Å²) in [6, 6.07) is 3.48. The molecule has 0 aliphatic rings. The van der Waals surface area contributed by atoms with Gasteiger partial charge < -0.3 is 10.2 Å². The van der Waals surface area contributed by atoms with Crippen molar-refractivity contribution in [3.05, 3.63) is 29.5 Å². The molecule has 106 valence electrons. The summed E-state index contributed by atoms with van der Waals surface area (Å²) in [5.41, 5.74) is 2.33. The molecule has 1 aromatic carbocycles. The first kappa shape index (κ1) is 14.2. The Hall–Kier alpha value is -2.17. The third kappa shape index (κ3) is 2.43. The highest BCUT2D eigenvalue weighted by Gasteiger charge is 2.22. The van der Waals surface area contributed by atoms with E-state index in [2.05, 4.69) is 15.4 Å². The van der Waals surface area contributed by atoms with Crippen molar-refractivity contribution in [3.8, 4) is 22.8 Å². The summed E-state index contributed by atoms with van der Waals surface area (Å²) in [4.78, 5) is 0. The highest BCUT2D eigenvalue weighted by Crippen LogP contribution is 2.45. The first-order valence-electron chi connectivity index (χ1n) is 6.67. The summed E-state index contributed by atoms with van der Waals surface area (Å²) >= 11 is 0. The number of hydrogen-bond acceptors (Lipinski definition) is 5. The van der Waals surface area contributed by atoms with Gasteiger partial charge in [-0.25, -0.2) is 0 Å². The van der Waals surface area contributed by atoms with E-state index < -0.39 is 0 Å². The van der Waals surface area contributed by atoms with E-state index in [-0.39, 0.29) is 23.3 Å². The summed E-state index contributed by atoms with van der Waals surface area (Å²) < 4.78 is 0. The summed E-state index contributed by atoms with van der Waals surface area (Å²) in [5.74, 6) is 0.396. The van der Waals surface area contributed by atoms with Crippen molar-refractivity contribution in [2.45, 2.75) is 39.5 Å². The maximum atomic E-state index is 10.5. The maximum Gasteiger partial charge on any atom is 0.132 e. The Labute approximate surface area is 118 Å². The second-order valence-corrected chi connectivity index (χ2v) is 5.44. The molecule has 5 heteroatoms. The van der Waals surface area contributed by atoms with E-state index >= 15 is 0 Å². The van der Waals surface area contributed by atoms with E-state index in [4.69, 9.17) is 0 Å². The molecule has 0 radical (unpaired) electrons. The second-order valence-electron chi connectivity index (χ2n) is 5.44. The summed E-state index contributed by atoms with van der Waals surface area (Å²) in [6.45, 7) is 7.99. The minimum absolute atomic E-state index is 0.0578. The molecule has 2 rings (SSSR count). The fourth-order valence-corrected chi connectivity index (χ4v) is 2.20. The maximum absolute atomic E-state index is 10.5. The SMILES string of the molecule is CC(C)c1cc(C(C)C)c(O)c(-c2ccnnn2)c1O. The lowest BCUT2D eigenvalue weighted by molar-refractivity contribution is 0.441. The minimum atomic E-state index is 0.0578. The van der Waals surface area contributed by atoms with Crippen LogP contribution >= 0.6 is 0 Å². The molecule has 5 nitrogen and oxygen atoms in total. The first-order chi connectivity index (χ1) is 9.43. The van der Waals surface area contributed by atoms with Gasteiger partial charge in [0.15, 0.2) is 0 Å². The van der Waals surface area contributed by atoms with Crippen molar-refractivity contribution in [2.75, 3.05) is 0 Å². The molecule has 0 fully saturated rings. The number of aromatic nitrogens is 3. The molecule has 0 saturated carbocycles.